The van der Waals surface area contributed by atoms with E-state index in [1.54, 1.807) is 33.4 Å². The lowest BCUT2D eigenvalue weighted by molar-refractivity contribution is 0.0958. The third-order valence-corrected chi connectivity index (χ3v) is 8.17. The fraction of sp³-hybridized carbons (Fsp3) is 0.238. The predicted molar refractivity (Wildman–Crippen MR) is 116 cm³/mol. The number of hydrogen-bond donors (Lipinski definition) is 0. The Morgan fingerprint density at radius 1 is 1.21 bits per heavy atom. The van der Waals surface area contributed by atoms with E-state index in [9.17, 15) is 9.18 Å². The van der Waals surface area contributed by atoms with E-state index in [0.29, 0.717) is 29.2 Å². The highest BCUT2D eigenvalue weighted by Gasteiger charge is 2.43. The lowest BCUT2D eigenvalue weighted by Crippen LogP contribution is -2.47. The molecular weight excluding hydrogens is 413 g/mol. The van der Waals surface area contributed by atoms with E-state index >= 15 is 0 Å². The third-order valence-electron chi connectivity index (χ3n) is 4.84. The standard InChI is InChI=1S/C21H18FNO2S3/c1-4-25-16-8-6-5-7-13(16)19(24)23-15-10-9-12(22)11-14(15)17-18(21(23,2)3)27-28-20(17)26/h5-11H,4H2,1-3H3. The molecule has 28 heavy (non-hydrogen) atoms. The molecule has 0 spiro atoms. The molecule has 0 atom stereocenters. The number of para-hydroxylation sites is 1. The molecule has 0 aliphatic carbocycles. The molecule has 0 bridgehead atoms. The van der Waals surface area contributed by atoms with Crippen molar-refractivity contribution in [3.8, 4) is 16.9 Å². The number of benzene rings is 2. The highest BCUT2D eigenvalue weighted by atomic mass is 32.9. The van der Waals surface area contributed by atoms with E-state index in [-0.39, 0.29) is 11.7 Å². The lowest BCUT2D eigenvalue weighted by atomic mass is 9.86. The van der Waals surface area contributed by atoms with Crippen molar-refractivity contribution in [2.24, 2.45) is 0 Å². The number of halogens is 1. The lowest BCUT2D eigenvalue weighted by Gasteiger charge is -2.43. The van der Waals surface area contributed by atoms with Crippen LogP contribution >= 0.6 is 32.9 Å². The van der Waals surface area contributed by atoms with E-state index in [0.717, 1.165) is 14.3 Å². The highest BCUT2D eigenvalue weighted by molar-refractivity contribution is 7.80. The Balaban J connectivity index is 1.96. The summed E-state index contributed by atoms with van der Waals surface area (Å²) in [4.78, 5) is 16.4. The minimum Gasteiger partial charge on any atom is -0.493 e. The molecule has 0 saturated heterocycles. The fourth-order valence-electron chi connectivity index (χ4n) is 3.61. The van der Waals surface area contributed by atoms with E-state index < -0.39 is 5.54 Å². The van der Waals surface area contributed by atoms with Gasteiger partial charge in [0, 0.05) is 11.1 Å². The van der Waals surface area contributed by atoms with Gasteiger partial charge in [-0.15, -0.1) is 0 Å². The van der Waals surface area contributed by atoms with Gasteiger partial charge in [0.05, 0.1) is 28.3 Å². The van der Waals surface area contributed by atoms with Crippen LogP contribution in [0.2, 0.25) is 0 Å². The van der Waals surface area contributed by atoms with E-state index in [1.807, 2.05) is 32.9 Å². The van der Waals surface area contributed by atoms with Gasteiger partial charge in [-0.25, -0.2) is 4.39 Å². The Kier molecular flexibility index (Phi) is 4.85. The second-order valence-electron chi connectivity index (χ2n) is 6.95. The van der Waals surface area contributed by atoms with Crippen LogP contribution in [-0.2, 0) is 5.54 Å². The van der Waals surface area contributed by atoms with Gasteiger partial charge in [-0.2, -0.15) is 0 Å². The van der Waals surface area contributed by atoms with Crippen LogP contribution < -0.4 is 9.64 Å². The van der Waals surface area contributed by atoms with Crippen molar-refractivity contribution in [2.45, 2.75) is 26.3 Å². The fourth-order valence-corrected chi connectivity index (χ4v) is 6.89. The number of carbonyl (C=O) groups is 1. The Bertz CT molecular complexity index is 1130. The van der Waals surface area contributed by atoms with Crippen molar-refractivity contribution in [3.63, 3.8) is 0 Å². The maximum Gasteiger partial charge on any atom is 0.262 e. The van der Waals surface area contributed by atoms with Crippen molar-refractivity contribution >= 4 is 44.5 Å². The number of amides is 1. The number of ether oxygens (including phenoxy) is 1. The summed E-state index contributed by atoms with van der Waals surface area (Å²) >= 11 is 5.53. The molecule has 0 N–H and O–H groups in total. The maximum absolute atomic E-state index is 14.1. The summed E-state index contributed by atoms with van der Waals surface area (Å²) in [6.07, 6.45) is 0. The number of nitrogens with zero attached hydrogens (tertiary/aromatic N) is 1. The quantitative estimate of drug-likeness (QED) is 0.344. The zero-order chi connectivity index (χ0) is 20.1. The highest BCUT2D eigenvalue weighted by Crippen LogP contribution is 2.52. The molecule has 0 saturated carbocycles. The molecule has 1 amide bonds. The van der Waals surface area contributed by atoms with Crippen molar-refractivity contribution in [2.75, 3.05) is 11.5 Å². The minimum atomic E-state index is -0.630. The van der Waals surface area contributed by atoms with Crippen LogP contribution in [0.1, 0.15) is 36.0 Å². The van der Waals surface area contributed by atoms with Crippen molar-refractivity contribution in [1.29, 1.82) is 0 Å². The summed E-state index contributed by atoms with van der Waals surface area (Å²) in [7, 11) is 3.03. The molecule has 2 heterocycles. The molecule has 1 aliphatic rings. The largest absolute Gasteiger partial charge is 0.493 e. The zero-order valence-electron chi connectivity index (χ0n) is 15.6. The van der Waals surface area contributed by atoms with Crippen molar-refractivity contribution in [1.82, 2.24) is 0 Å². The second kappa shape index (κ2) is 7.06. The second-order valence-corrected chi connectivity index (χ2v) is 9.76. The van der Waals surface area contributed by atoms with Crippen molar-refractivity contribution < 1.29 is 13.9 Å². The Hall–Kier alpha value is -2.09. The molecule has 0 unspecified atom stereocenters. The molecule has 4 rings (SSSR count). The summed E-state index contributed by atoms with van der Waals surface area (Å²) in [5.74, 6) is 0.00667. The first-order chi connectivity index (χ1) is 13.4. The average Bonchev–Trinajstić information content (AvgIpc) is 3.06. The number of rotatable bonds is 3. The SMILES string of the molecule is CCOc1ccccc1C(=O)N1c2ccc(F)cc2-c2c(ssc2=S)C1(C)C. The van der Waals surface area contributed by atoms with E-state index in [4.69, 9.17) is 17.0 Å². The maximum atomic E-state index is 14.1. The number of fused-ring (bicyclic) bond motifs is 3. The average molecular weight is 432 g/mol. The smallest absolute Gasteiger partial charge is 0.262 e. The predicted octanol–water partition coefficient (Wildman–Crippen LogP) is 6.64. The molecular formula is C21H18FNO2S3. The van der Waals surface area contributed by atoms with Gasteiger partial charge in [0.25, 0.3) is 5.91 Å². The van der Waals surface area contributed by atoms with Gasteiger partial charge in [-0.05, 0) is 51.1 Å². The molecule has 1 aromatic heterocycles. The van der Waals surface area contributed by atoms with E-state index in [2.05, 4.69) is 0 Å². The van der Waals surface area contributed by atoms with E-state index in [1.165, 1.54) is 22.5 Å². The zero-order valence-corrected chi connectivity index (χ0v) is 18.1. The van der Waals surface area contributed by atoms with Crippen molar-refractivity contribution in [3.05, 3.63) is 62.5 Å². The van der Waals surface area contributed by atoms with Gasteiger partial charge >= 0.3 is 0 Å². The van der Waals surface area contributed by atoms with Gasteiger partial charge in [0.2, 0.25) is 0 Å². The van der Waals surface area contributed by atoms with Gasteiger partial charge in [0.15, 0.2) is 0 Å². The van der Waals surface area contributed by atoms with Gasteiger partial charge in [-0.1, -0.05) is 45.0 Å². The van der Waals surface area contributed by atoms with Crippen LogP contribution in [0.15, 0.2) is 42.5 Å². The van der Waals surface area contributed by atoms with Crippen LogP contribution in [0.25, 0.3) is 11.1 Å². The molecule has 0 radical (unpaired) electrons. The Morgan fingerprint density at radius 2 is 1.96 bits per heavy atom. The molecule has 2 aromatic carbocycles. The summed E-state index contributed by atoms with van der Waals surface area (Å²) < 4.78 is 20.5. The first-order valence-electron chi connectivity index (χ1n) is 8.86. The number of hydrogen-bond acceptors (Lipinski definition) is 5. The van der Waals surface area contributed by atoms with Crippen LogP contribution in [0.3, 0.4) is 0 Å². The molecule has 3 aromatic rings. The van der Waals surface area contributed by atoms with Gasteiger partial charge < -0.3 is 4.74 Å². The molecule has 144 valence electrons. The van der Waals surface area contributed by atoms with Crippen LogP contribution in [0.5, 0.6) is 5.75 Å². The topological polar surface area (TPSA) is 29.5 Å². The van der Waals surface area contributed by atoms with Gasteiger partial charge in [-0.3, -0.25) is 9.69 Å². The molecule has 7 heteroatoms. The first kappa shape index (κ1) is 19.2. The summed E-state index contributed by atoms with van der Waals surface area (Å²) in [6.45, 7) is 6.34. The molecule has 3 nitrogen and oxygen atoms in total. The summed E-state index contributed by atoms with van der Waals surface area (Å²) in [5.41, 5.74) is 2.04. The summed E-state index contributed by atoms with van der Waals surface area (Å²) in [5, 5.41) is 0. The third kappa shape index (κ3) is 2.89. The minimum absolute atomic E-state index is 0.183. The van der Waals surface area contributed by atoms with Gasteiger partial charge in [0.1, 0.15) is 15.4 Å². The van der Waals surface area contributed by atoms with Crippen LogP contribution in [0, 0.1) is 9.64 Å². The monoisotopic (exact) mass is 431 g/mol. The number of carbonyl (C=O) groups excluding carboxylic acids is 1. The summed E-state index contributed by atoms with van der Waals surface area (Å²) in [6, 6.07) is 11.7. The molecule has 0 fully saturated rings. The van der Waals surface area contributed by atoms with Crippen LogP contribution in [-0.4, -0.2) is 12.5 Å². The van der Waals surface area contributed by atoms with Crippen LogP contribution in [0.4, 0.5) is 10.1 Å². The molecule has 1 aliphatic heterocycles. The first-order valence-corrected chi connectivity index (χ1v) is 11.4. The normalized spacial score (nSPS) is 14.4. The Morgan fingerprint density at radius 3 is 2.71 bits per heavy atom. The number of anilines is 1. The Labute approximate surface area is 175 Å².